The Labute approximate surface area is 140 Å². The van der Waals surface area contributed by atoms with E-state index in [4.69, 9.17) is 0 Å². The van der Waals surface area contributed by atoms with Crippen LogP contribution in [0.1, 0.15) is 34.9 Å². The number of aryl methyl sites for hydroxylation is 2. The monoisotopic (exact) mass is 330 g/mol. The molecule has 1 aliphatic carbocycles. The highest BCUT2D eigenvalue weighted by atomic mass is 32.1. The molecule has 4 nitrogen and oxygen atoms in total. The van der Waals surface area contributed by atoms with E-state index in [-0.39, 0.29) is 12.6 Å². The normalized spacial score (nSPS) is 15.7. The van der Waals surface area contributed by atoms with E-state index in [1.54, 1.807) is 6.92 Å². The number of nitrogens with one attached hydrogen (secondary N) is 2. The molecule has 1 atom stereocenters. The van der Waals surface area contributed by atoms with Gasteiger partial charge in [0, 0.05) is 11.4 Å². The van der Waals surface area contributed by atoms with Crippen LogP contribution in [-0.4, -0.2) is 17.7 Å². The van der Waals surface area contributed by atoms with Gasteiger partial charge in [-0.15, -0.1) is 11.3 Å². The number of urea groups is 1. The predicted octanol–water partition coefficient (Wildman–Crippen LogP) is 2.94. The Hall–Kier alpha value is -1.85. The molecule has 1 heterocycles. The number of benzene rings is 1. The van der Waals surface area contributed by atoms with Crippen LogP contribution >= 0.6 is 11.3 Å². The van der Waals surface area contributed by atoms with Crippen LogP contribution in [0.4, 0.5) is 4.79 Å². The summed E-state index contributed by atoms with van der Waals surface area (Å²) in [4.78, 5) is 12.8. The van der Waals surface area contributed by atoms with E-state index in [1.807, 2.05) is 17.5 Å². The van der Waals surface area contributed by atoms with E-state index in [1.165, 1.54) is 35.3 Å². The summed E-state index contributed by atoms with van der Waals surface area (Å²) in [5.74, 6) is 0. The molecule has 0 saturated heterocycles. The van der Waals surface area contributed by atoms with Crippen molar-refractivity contribution in [3.8, 4) is 0 Å². The fourth-order valence-electron chi connectivity index (χ4n) is 2.90. The van der Waals surface area contributed by atoms with Gasteiger partial charge < -0.3 is 15.7 Å². The van der Waals surface area contributed by atoms with Crippen molar-refractivity contribution in [3.05, 3.63) is 57.3 Å². The summed E-state index contributed by atoms with van der Waals surface area (Å²) in [6, 6.07) is 9.93. The first-order valence-electron chi connectivity index (χ1n) is 7.93. The number of hydrogen-bond acceptors (Lipinski definition) is 3. The summed E-state index contributed by atoms with van der Waals surface area (Å²) in [5, 5.41) is 17.9. The molecule has 1 aromatic heterocycles. The first-order chi connectivity index (χ1) is 11.0. The van der Waals surface area contributed by atoms with Gasteiger partial charge in [-0.1, -0.05) is 24.3 Å². The second kappa shape index (κ2) is 6.72. The van der Waals surface area contributed by atoms with Crippen LogP contribution in [0.25, 0.3) is 0 Å². The average Bonchev–Trinajstić information content (AvgIpc) is 3.21. The van der Waals surface area contributed by atoms with Crippen molar-refractivity contribution < 1.29 is 9.90 Å². The summed E-state index contributed by atoms with van der Waals surface area (Å²) in [7, 11) is 0. The van der Waals surface area contributed by atoms with E-state index in [0.29, 0.717) is 6.54 Å². The molecule has 0 spiro atoms. The Morgan fingerprint density at radius 1 is 1.26 bits per heavy atom. The molecule has 0 saturated carbocycles. The molecule has 0 fully saturated rings. The van der Waals surface area contributed by atoms with E-state index >= 15 is 0 Å². The van der Waals surface area contributed by atoms with Gasteiger partial charge in [-0.05, 0) is 54.3 Å². The molecule has 1 aliphatic rings. The van der Waals surface area contributed by atoms with Gasteiger partial charge in [0.1, 0.15) is 5.60 Å². The minimum absolute atomic E-state index is 0.184. The second-order valence-corrected chi connectivity index (χ2v) is 7.19. The molecule has 122 valence electrons. The highest BCUT2D eigenvalue weighted by Gasteiger charge is 2.24. The molecule has 2 aromatic rings. The first kappa shape index (κ1) is 16.0. The molecular weight excluding hydrogens is 308 g/mol. The third kappa shape index (κ3) is 3.92. The molecule has 0 radical (unpaired) electrons. The maximum Gasteiger partial charge on any atom is 0.315 e. The molecule has 1 aromatic carbocycles. The highest BCUT2D eigenvalue weighted by Crippen LogP contribution is 2.24. The smallest absolute Gasteiger partial charge is 0.315 e. The standard InChI is InChI=1S/C18H22N2O2S/c1-18(22,16-6-3-9-23-16)12-20-17(21)19-11-13-7-8-14-4-2-5-15(14)10-13/h3,6-10,22H,2,4-5,11-12H2,1H3,(H2,19,20,21). The number of thiophene rings is 1. The summed E-state index contributed by atoms with van der Waals surface area (Å²) in [5.41, 5.74) is 2.92. The van der Waals surface area contributed by atoms with Gasteiger partial charge in [-0.25, -0.2) is 4.79 Å². The number of aliphatic hydroxyl groups is 1. The second-order valence-electron chi connectivity index (χ2n) is 6.24. The summed E-state index contributed by atoms with van der Waals surface area (Å²) in [6.45, 7) is 2.39. The zero-order valence-corrected chi connectivity index (χ0v) is 14.1. The molecule has 5 heteroatoms. The SMILES string of the molecule is CC(O)(CNC(=O)NCc1ccc2c(c1)CCC2)c1cccs1. The van der Waals surface area contributed by atoms with Crippen LogP contribution in [0.5, 0.6) is 0 Å². The number of hydrogen-bond donors (Lipinski definition) is 3. The van der Waals surface area contributed by atoms with Gasteiger partial charge in [-0.3, -0.25) is 0 Å². The molecule has 3 rings (SSSR count). The van der Waals surface area contributed by atoms with Crippen LogP contribution in [0.2, 0.25) is 0 Å². The van der Waals surface area contributed by atoms with Gasteiger partial charge in [0.2, 0.25) is 0 Å². The lowest BCUT2D eigenvalue weighted by atomic mass is 10.1. The fraction of sp³-hybridized carbons (Fsp3) is 0.389. The summed E-state index contributed by atoms with van der Waals surface area (Å²) < 4.78 is 0. The third-order valence-corrected chi connectivity index (χ3v) is 5.38. The van der Waals surface area contributed by atoms with Crippen molar-refractivity contribution in [2.75, 3.05) is 6.54 Å². The average molecular weight is 330 g/mol. The lowest BCUT2D eigenvalue weighted by Gasteiger charge is -2.22. The van der Waals surface area contributed by atoms with Crippen LogP contribution in [0, 0.1) is 0 Å². The first-order valence-corrected chi connectivity index (χ1v) is 8.81. The Morgan fingerprint density at radius 3 is 2.87 bits per heavy atom. The Bertz CT molecular complexity index is 680. The van der Waals surface area contributed by atoms with Crippen LogP contribution in [0.3, 0.4) is 0 Å². The van der Waals surface area contributed by atoms with Crippen molar-refractivity contribution in [2.24, 2.45) is 0 Å². The summed E-state index contributed by atoms with van der Waals surface area (Å²) in [6.07, 6.45) is 3.53. The van der Waals surface area contributed by atoms with Crippen LogP contribution < -0.4 is 10.6 Å². The largest absolute Gasteiger partial charge is 0.383 e. The third-order valence-electron chi connectivity index (χ3n) is 4.26. The zero-order chi connectivity index (χ0) is 16.3. The minimum atomic E-state index is -1.04. The molecule has 1 unspecified atom stereocenters. The number of amides is 2. The lowest BCUT2D eigenvalue weighted by Crippen LogP contribution is -2.42. The van der Waals surface area contributed by atoms with Gasteiger partial charge in [-0.2, -0.15) is 0 Å². The van der Waals surface area contributed by atoms with Crippen molar-refractivity contribution in [3.63, 3.8) is 0 Å². The Morgan fingerprint density at radius 2 is 2.09 bits per heavy atom. The predicted molar refractivity (Wildman–Crippen MR) is 92.6 cm³/mol. The van der Waals surface area contributed by atoms with Gasteiger partial charge in [0.05, 0.1) is 6.54 Å². The van der Waals surface area contributed by atoms with Crippen molar-refractivity contribution in [2.45, 2.75) is 38.3 Å². The highest BCUT2D eigenvalue weighted by molar-refractivity contribution is 7.10. The van der Waals surface area contributed by atoms with E-state index in [9.17, 15) is 9.90 Å². The fourth-order valence-corrected chi connectivity index (χ4v) is 3.69. The maximum absolute atomic E-state index is 11.9. The number of rotatable bonds is 5. The minimum Gasteiger partial charge on any atom is -0.383 e. The van der Waals surface area contributed by atoms with E-state index in [0.717, 1.165) is 16.9 Å². The summed E-state index contributed by atoms with van der Waals surface area (Å²) >= 11 is 1.48. The Kier molecular flexibility index (Phi) is 4.68. The molecular formula is C18H22N2O2S. The molecule has 23 heavy (non-hydrogen) atoms. The van der Waals surface area contributed by atoms with Crippen LogP contribution in [-0.2, 0) is 25.0 Å². The van der Waals surface area contributed by atoms with Crippen molar-refractivity contribution in [1.29, 1.82) is 0 Å². The van der Waals surface area contributed by atoms with E-state index in [2.05, 4.69) is 28.8 Å². The molecule has 3 N–H and O–H groups in total. The molecule has 2 amide bonds. The van der Waals surface area contributed by atoms with Crippen LogP contribution in [0.15, 0.2) is 35.7 Å². The number of carbonyl (C=O) groups is 1. The Balaban J connectivity index is 1.48. The number of fused-ring (bicyclic) bond motifs is 1. The molecule has 0 aliphatic heterocycles. The lowest BCUT2D eigenvalue weighted by molar-refractivity contribution is 0.0631. The maximum atomic E-state index is 11.9. The van der Waals surface area contributed by atoms with Crippen molar-refractivity contribution in [1.82, 2.24) is 10.6 Å². The van der Waals surface area contributed by atoms with E-state index < -0.39 is 5.60 Å². The zero-order valence-electron chi connectivity index (χ0n) is 13.3. The number of carbonyl (C=O) groups excluding carboxylic acids is 1. The quantitative estimate of drug-likeness (QED) is 0.789. The van der Waals surface area contributed by atoms with Gasteiger partial charge >= 0.3 is 6.03 Å². The van der Waals surface area contributed by atoms with Crippen molar-refractivity contribution >= 4 is 17.4 Å². The van der Waals surface area contributed by atoms with Gasteiger partial charge in [0.15, 0.2) is 0 Å². The topological polar surface area (TPSA) is 61.4 Å². The molecule has 0 bridgehead atoms. The van der Waals surface area contributed by atoms with Gasteiger partial charge in [0.25, 0.3) is 0 Å².